The van der Waals surface area contributed by atoms with Crippen LogP contribution in [0.2, 0.25) is 5.02 Å². The van der Waals surface area contributed by atoms with E-state index in [0.29, 0.717) is 37.7 Å². The Morgan fingerprint density at radius 3 is 2.18 bits per heavy atom. The molecule has 0 spiro atoms. The molecule has 0 N–H and O–H groups in total. The first-order valence-electron chi connectivity index (χ1n) is 9.36. The maximum Gasteiger partial charge on any atom is 0.228 e. The van der Waals surface area contributed by atoms with Crippen LogP contribution in [0.15, 0.2) is 48.5 Å². The van der Waals surface area contributed by atoms with Crippen molar-refractivity contribution in [1.29, 1.82) is 0 Å². The van der Waals surface area contributed by atoms with Gasteiger partial charge in [-0.3, -0.25) is 9.59 Å². The first kappa shape index (κ1) is 18.7. The standard InChI is InChI=1S/C21H21ClFN3O2/c22-16-1-5-19(6-2-16)26-14-15(13-20(26)27)21(28)25-11-9-24(10-12-25)18-7-3-17(23)4-8-18/h1-8,15H,9-14H2. The highest BCUT2D eigenvalue weighted by Crippen LogP contribution is 2.28. The predicted octanol–water partition coefficient (Wildman–Crippen LogP) is 3.18. The number of benzene rings is 2. The van der Waals surface area contributed by atoms with Gasteiger partial charge >= 0.3 is 0 Å². The Hall–Kier alpha value is -2.60. The lowest BCUT2D eigenvalue weighted by atomic mass is 10.1. The van der Waals surface area contributed by atoms with Crippen molar-refractivity contribution in [3.63, 3.8) is 0 Å². The summed E-state index contributed by atoms with van der Waals surface area (Å²) in [5.41, 5.74) is 1.73. The van der Waals surface area contributed by atoms with Gasteiger partial charge in [-0.15, -0.1) is 0 Å². The minimum Gasteiger partial charge on any atom is -0.368 e. The summed E-state index contributed by atoms with van der Waals surface area (Å²) in [6.07, 6.45) is 0.236. The smallest absolute Gasteiger partial charge is 0.228 e. The van der Waals surface area contributed by atoms with Crippen LogP contribution in [0.4, 0.5) is 15.8 Å². The molecule has 2 heterocycles. The van der Waals surface area contributed by atoms with Crippen LogP contribution in [0.1, 0.15) is 6.42 Å². The van der Waals surface area contributed by atoms with Crippen LogP contribution < -0.4 is 9.80 Å². The molecular weight excluding hydrogens is 381 g/mol. The summed E-state index contributed by atoms with van der Waals surface area (Å²) >= 11 is 5.91. The van der Waals surface area contributed by atoms with Crippen LogP contribution in [0, 0.1) is 11.7 Å². The van der Waals surface area contributed by atoms with Crippen LogP contribution in [0.3, 0.4) is 0 Å². The van der Waals surface area contributed by atoms with Crippen molar-refractivity contribution in [3.8, 4) is 0 Å². The lowest BCUT2D eigenvalue weighted by Crippen LogP contribution is -2.50. The summed E-state index contributed by atoms with van der Waals surface area (Å²) in [6.45, 7) is 2.99. The van der Waals surface area contributed by atoms with Gasteiger partial charge in [-0.1, -0.05) is 11.6 Å². The first-order chi connectivity index (χ1) is 13.5. The van der Waals surface area contributed by atoms with Crippen molar-refractivity contribution in [1.82, 2.24) is 4.90 Å². The number of halogens is 2. The molecule has 4 rings (SSSR count). The minimum atomic E-state index is -0.319. The van der Waals surface area contributed by atoms with Crippen molar-refractivity contribution in [3.05, 3.63) is 59.4 Å². The highest BCUT2D eigenvalue weighted by molar-refractivity contribution is 6.30. The minimum absolute atomic E-state index is 0.0311. The van der Waals surface area contributed by atoms with E-state index < -0.39 is 0 Å². The average molecular weight is 402 g/mol. The predicted molar refractivity (Wildman–Crippen MR) is 107 cm³/mol. The number of rotatable bonds is 3. The fourth-order valence-corrected chi connectivity index (χ4v) is 3.96. The molecule has 2 aromatic rings. The zero-order chi connectivity index (χ0) is 19.7. The summed E-state index contributed by atoms with van der Waals surface area (Å²) in [4.78, 5) is 31.0. The maximum atomic E-state index is 13.1. The monoisotopic (exact) mass is 401 g/mol. The van der Waals surface area contributed by atoms with Gasteiger partial charge < -0.3 is 14.7 Å². The molecule has 0 aliphatic carbocycles. The molecule has 2 aromatic carbocycles. The van der Waals surface area contributed by atoms with Gasteiger partial charge in [0.25, 0.3) is 0 Å². The third-order valence-electron chi connectivity index (χ3n) is 5.40. The molecule has 0 aromatic heterocycles. The number of carbonyl (C=O) groups is 2. The maximum absolute atomic E-state index is 13.1. The molecule has 5 nitrogen and oxygen atoms in total. The van der Waals surface area contributed by atoms with E-state index in [1.165, 1.54) is 12.1 Å². The van der Waals surface area contributed by atoms with Gasteiger partial charge in [0.2, 0.25) is 11.8 Å². The summed E-state index contributed by atoms with van der Waals surface area (Å²) < 4.78 is 13.1. The average Bonchev–Trinajstić information content (AvgIpc) is 3.10. The second-order valence-corrected chi connectivity index (χ2v) is 7.61. The number of piperazine rings is 1. The molecule has 0 radical (unpaired) electrons. The Balaban J connectivity index is 1.36. The molecule has 7 heteroatoms. The van der Waals surface area contributed by atoms with Gasteiger partial charge in [0.15, 0.2) is 0 Å². The molecule has 0 saturated carbocycles. The molecule has 2 amide bonds. The Kier molecular flexibility index (Phi) is 5.22. The summed E-state index contributed by atoms with van der Waals surface area (Å²) in [5, 5.41) is 0.613. The van der Waals surface area contributed by atoms with E-state index in [-0.39, 0.29) is 30.0 Å². The number of amides is 2. The number of hydrogen-bond donors (Lipinski definition) is 0. The Morgan fingerprint density at radius 1 is 0.929 bits per heavy atom. The molecule has 2 aliphatic rings. The third-order valence-corrected chi connectivity index (χ3v) is 5.65. The molecular formula is C21H21ClFN3O2. The van der Waals surface area contributed by atoms with Gasteiger partial charge in [-0.2, -0.15) is 0 Å². The Bertz CT molecular complexity index is 864. The quantitative estimate of drug-likeness (QED) is 0.793. The van der Waals surface area contributed by atoms with Crippen LogP contribution in [-0.2, 0) is 9.59 Å². The summed E-state index contributed by atoms with van der Waals surface area (Å²) in [7, 11) is 0. The van der Waals surface area contributed by atoms with Crippen LogP contribution in [-0.4, -0.2) is 49.4 Å². The lowest BCUT2D eigenvalue weighted by Gasteiger charge is -2.37. The van der Waals surface area contributed by atoms with Gasteiger partial charge in [-0.25, -0.2) is 4.39 Å². The number of carbonyl (C=O) groups excluding carboxylic acids is 2. The van der Waals surface area contributed by atoms with E-state index in [1.807, 2.05) is 4.90 Å². The normalized spacial score (nSPS) is 20.0. The van der Waals surface area contributed by atoms with Crippen molar-refractivity contribution in [2.45, 2.75) is 6.42 Å². The molecule has 2 aliphatic heterocycles. The molecule has 28 heavy (non-hydrogen) atoms. The van der Waals surface area contributed by atoms with Crippen LogP contribution >= 0.6 is 11.6 Å². The van der Waals surface area contributed by atoms with Crippen molar-refractivity contribution < 1.29 is 14.0 Å². The van der Waals surface area contributed by atoms with Crippen molar-refractivity contribution >= 4 is 34.8 Å². The SMILES string of the molecule is O=C(C1CC(=O)N(c2ccc(Cl)cc2)C1)N1CCN(c2ccc(F)cc2)CC1. The van der Waals surface area contributed by atoms with E-state index in [0.717, 1.165) is 11.4 Å². The summed E-state index contributed by atoms with van der Waals surface area (Å²) in [6, 6.07) is 13.5. The van der Waals surface area contributed by atoms with E-state index in [9.17, 15) is 14.0 Å². The second kappa shape index (κ2) is 7.80. The Labute approximate surface area is 168 Å². The third kappa shape index (κ3) is 3.83. The lowest BCUT2D eigenvalue weighted by molar-refractivity contribution is -0.136. The first-order valence-corrected chi connectivity index (χ1v) is 9.74. The highest BCUT2D eigenvalue weighted by Gasteiger charge is 2.37. The van der Waals surface area contributed by atoms with E-state index in [1.54, 1.807) is 41.3 Å². The molecule has 1 unspecified atom stereocenters. The molecule has 146 valence electrons. The van der Waals surface area contributed by atoms with E-state index in [4.69, 9.17) is 11.6 Å². The van der Waals surface area contributed by atoms with E-state index >= 15 is 0 Å². The highest BCUT2D eigenvalue weighted by atomic mass is 35.5. The topological polar surface area (TPSA) is 43.9 Å². The number of anilines is 2. The fourth-order valence-electron chi connectivity index (χ4n) is 3.84. The second-order valence-electron chi connectivity index (χ2n) is 7.17. The van der Waals surface area contributed by atoms with Gasteiger partial charge in [0, 0.05) is 55.5 Å². The number of nitrogens with zero attached hydrogens (tertiary/aromatic N) is 3. The van der Waals surface area contributed by atoms with Crippen LogP contribution in [0.25, 0.3) is 0 Å². The van der Waals surface area contributed by atoms with Gasteiger partial charge in [0.05, 0.1) is 5.92 Å². The zero-order valence-corrected chi connectivity index (χ0v) is 16.1. The molecule has 1 atom stereocenters. The largest absolute Gasteiger partial charge is 0.368 e. The van der Waals surface area contributed by atoms with Crippen molar-refractivity contribution in [2.75, 3.05) is 42.5 Å². The summed E-state index contributed by atoms with van der Waals surface area (Å²) in [5.74, 6) is -0.580. The molecule has 0 bridgehead atoms. The number of hydrogen-bond acceptors (Lipinski definition) is 3. The Morgan fingerprint density at radius 2 is 1.54 bits per heavy atom. The van der Waals surface area contributed by atoms with Gasteiger partial charge in [-0.05, 0) is 48.5 Å². The van der Waals surface area contributed by atoms with Crippen molar-refractivity contribution in [2.24, 2.45) is 5.92 Å². The van der Waals surface area contributed by atoms with Gasteiger partial charge in [0.1, 0.15) is 5.82 Å². The molecule has 2 fully saturated rings. The zero-order valence-electron chi connectivity index (χ0n) is 15.4. The van der Waals surface area contributed by atoms with Crippen LogP contribution in [0.5, 0.6) is 0 Å². The fraction of sp³-hybridized carbons (Fsp3) is 0.333. The molecule has 2 saturated heterocycles. The van der Waals surface area contributed by atoms with E-state index in [2.05, 4.69) is 4.90 Å².